The summed E-state index contributed by atoms with van der Waals surface area (Å²) in [6, 6.07) is 48.3. The Labute approximate surface area is 274 Å². The van der Waals surface area contributed by atoms with Gasteiger partial charge in [0.2, 0.25) is 0 Å². The Balaban J connectivity index is 0.000000175. The van der Waals surface area contributed by atoms with Gasteiger partial charge in [-0.1, -0.05) is 109 Å². The summed E-state index contributed by atoms with van der Waals surface area (Å²) in [5.74, 6) is 0. The van der Waals surface area contributed by atoms with Gasteiger partial charge in [-0.3, -0.25) is 0 Å². The summed E-state index contributed by atoms with van der Waals surface area (Å²) in [6.45, 7) is 2.15. The highest BCUT2D eigenvalue weighted by Crippen LogP contribution is 2.29. The van der Waals surface area contributed by atoms with Crippen LogP contribution in [0.5, 0.6) is 0 Å². The molecule has 6 aromatic carbocycles. The van der Waals surface area contributed by atoms with Crippen LogP contribution in [-0.4, -0.2) is 0 Å². The molecule has 0 aliphatic rings. The van der Waals surface area contributed by atoms with Crippen LogP contribution in [0.15, 0.2) is 133 Å². The Hall–Kier alpha value is -2.53. The van der Waals surface area contributed by atoms with Crippen LogP contribution in [0.4, 0.5) is 0 Å². The summed E-state index contributed by atoms with van der Waals surface area (Å²) >= 11 is 0. The van der Waals surface area contributed by atoms with Gasteiger partial charge in [0.05, 0.1) is 0 Å². The van der Waals surface area contributed by atoms with Crippen molar-refractivity contribution in [2.75, 3.05) is 0 Å². The van der Waals surface area contributed by atoms with Gasteiger partial charge in [0, 0.05) is 0 Å². The molecule has 0 amide bonds. The van der Waals surface area contributed by atoms with Crippen LogP contribution in [0.2, 0.25) is 0 Å². The molecular weight excluding hydrogens is 623 g/mol. The van der Waals surface area contributed by atoms with Gasteiger partial charge < -0.3 is 0 Å². The van der Waals surface area contributed by atoms with Gasteiger partial charge >= 0.3 is 0 Å². The predicted octanol–water partition coefficient (Wildman–Crippen LogP) is 9.60. The van der Waals surface area contributed by atoms with Crippen molar-refractivity contribution in [3.63, 3.8) is 0 Å². The van der Waals surface area contributed by atoms with E-state index in [4.69, 9.17) is 0 Å². The monoisotopic (exact) mass is 662 g/mol. The molecule has 6 rings (SSSR count). The van der Waals surface area contributed by atoms with Crippen LogP contribution < -0.4 is 15.9 Å². The van der Waals surface area contributed by atoms with E-state index >= 15 is 0 Å². The zero-order valence-corrected chi connectivity index (χ0v) is 30.8. The van der Waals surface area contributed by atoms with Gasteiger partial charge in [-0.25, -0.2) is 0 Å². The minimum Gasteiger partial charge on any atom is -0.133 e. The second-order valence-corrected chi connectivity index (χ2v) is 13.8. The van der Waals surface area contributed by atoms with Crippen molar-refractivity contribution < 1.29 is 0 Å². The maximum Gasteiger partial charge on any atom is -0.0128 e. The molecule has 0 aliphatic heterocycles. The molecule has 0 aliphatic carbocycles. The lowest BCUT2D eigenvalue weighted by molar-refractivity contribution is 1.41. The minimum atomic E-state index is 0.997. The van der Waals surface area contributed by atoms with Crippen LogP contribution in [0.3, 0.4) is 0 Å². The summed E-state index contributed by atoms with van der Waals surface area (Å²) in [6.07, 6.45) is 1.99. The first-order chi connectivity index (χ1) is 21.3. The van der Waals surface area contributed by atoms with Crippen molar-refractivity contribution in [2.24, 2.45) is 0 Å². The summed E-state index contributed by atoms with van der Waals surface area (Å²) in [7, 11) is 13.8. The van der Waals surface area contributed by atoms with Crippen molar-refractivity contribution in [1.82, 2.24) is 0 Å². The standard InChI is InChI=1S/C20H21P3.C19H18P2/c21-12-14-1-5-16(6-2-14)18-9-19(11-20(23)10-18)17-7-3-15(13-22)4-8-17;1-13-10-16(14-2-6-18(20)7-3-14)12-17(11-13)15-4-8-19(21)9-5-15/h1-11H,12-13,21-23H2;2-12H,20-21H2,1H3. The normalized spacial score (nSPS) is 10.7. The Morgan fingerprint density at radius 1 is 0.341 bits per heavy atom. The van der Waals surface area contributed by atoms with Gasteiger partial charge in [-0.05, 0) is 121 Å². The Morgan fingerprint density at radius 3 is 0.955 bits per heavy atom. The molecule has 0 heterocycles. The quantitative estimate of drug-likeness (QED) is 0.156. The van der Waals surface area contributed by atoms with Crippen molar-refractivity contribution in [1.29, 1.82) is 0 Å². The molecule has 5 heteroatoms. The summed E-state index contributed by atoms with van der Waals surface area (Å²) < 4.78 is 0. The highest BCUT2D eigenvalue weighted by Gasteiger charge is 2.06. The van der Waals surface area contributed by atoms with Crippen LogP contribution >= 0.6 is 46.2 Å². The summed E-state index contributed by atoms with van der Waals surface area (Å²) in [5.41, 5.74) is 14.1. The molecule has 0 N–H and O–H groups in total. The molecule has 5 unspecified atom stereocenters. The highest BCUT2D eigenvalue weighted by molar-refractivity contribution is 7.27. The molecule has 0 radical (unpaired) electrons. The second kappa shape index (κ2) is 15.7. The fourth-order valence-corrected chi connectivity index (χ4v) is 6.41. The fourth-order valence-electron chi connectivity index (χ4n) is 5.12. The SMILES string of the molecule is Cc1cc(-c2ccc(P)cc2)cc(-c2ccc(P)cc2)c1.PCc1ccc(-c2cc(P)cc(-c3ccc(CP)cc3)c2)cc1. The third-order valence-electron chi connectivity index (χ3n) is 7.57. The Kier molecular flexibility index (Phi) is 11.7. The van der Waals surface area contributed by atoms with E-state index < -0.39 is 0 Å². The molecule has 0 bridgehead atoms. The van der Waals surface area contributed by atoms with E-state index in [1.807, 2.05) is 0 Å². The van der Waals surface area contributed by atoms with Crippen molar-refractivity contribution in [3.8, 4) is 44.5 Å². The van der Waals surface area contributed by atoms with E-state index in [-0.39, 0.29) is 0 Å². The van der Waals surface area contributed by atoms with E-state index in [1.54, 1.807) is 0 Å². The third kappa shape index (κ3) is 8.80. The zero-order chi connectivity index (χ0) is 31.1. The molecule has 5 atom stereocenters. The molecule has 6 aromatic rings. The Morgan fingerprint density at radius 2 is 0.636 bits per heavy atom. The lowest BCUT2D eigenvalue weighted by atomic mass is 9.97. The molecule has 0 spiro atoms. The molecule has 0 saturated carbocycles. The van der Waals surface area contributed by atoms with E-state index in [2.05, 4.69) is 187 Å². The van der Waals surface area contributed by atoms with E-state index in [0.29, 0.717) is 0 Å². The third-order valence-corrected chi connectivity index (χ3v) is 9.61. The van der Waals surface area contributed by atoms with E-state index in [0.717, 1.165) is 12.3 Å². The topological polar surface area (TPSA) is 0 Å². The molecular formula is C39H39P5. The number of hydrogen-bond acceptors (Lipinski definition) is 0. The number of aryl methyl sites for hydroxylation is 1. The lowest BCUT2D eigenvalue weighted by Crippen LogP contribution is -1.94. The van der Waals surface area contributed by atoms with Gasteiger partial charge in [-0.15, -0.1) is 46.2 Å². The van der Waals surface area contributed by atoms with Crippen LogP contribution in [0.1, 0.15) is 16.7 Å². The number of benzene rings is 6. The van der Waals surface area contributed by atoms with Crippen LogP contribution in [0, 0.1) is 6.92 Å². The smallest absolute Gasteiger partial charge is 0.0128 e. The zero-order valence-electron chi connectivity index (χ0n) is 25.0. The summed E-state index contributed by atoms with van der Waals surface area (Å²) in [5, 5.41) is 3.63. The van der Waals surface area contributed by atoms with Crippen molar-refractivity contribution in [3.05, 3.63) is 150 Å². The average Bonchev–Trinajstić information content (AvgIpc) is 3.05. The van der Waals surface area contributed by atoms with Crippen molar-refractivity contribution >= 4 is 62.1 Å². The predicted molar refractivity (Wildman–Crippen MR) is 214 cm³/mol. The number of hydrogen-bond donors (Lipinski definition) is 0. The molecule has 0 fully saturated rings. The van der Waals surface area contributed by atoms with E-state index in [9.17, 15) is 0 Å². The molecule has 0 nitrogen and oxygen atoms in total. The maximum atomic E-state index is 2.83. The molecule has 0 aromatic heterocycles. The second-order valence-electron chi connectivity index (χ2n) is 11.0. The summed E-state index contributed by atoms with van der Waals surface area (Å²) in [4.78, 5) is 0. The largest absolute Gasteiger partial charge is 0.133 e. The first-order valence-electron chi connectivity index (χ1n) is 14.6. The van der Waals surface area contributed by atoms with E-state index in [1.165, 1.54) is 77.1 Å². The minimum absolute atomic E-state index is 0.997. The molecule has 220 valence electrons. The molecule has 0 saturated heterocycles. The highest BCUT2D eigenvalue weighted by atomic mass is 31.0. The van der Waals surface area contributed by atoms with Gasteiger partial charge in [0.25, 0.3) is 0 Å². The number of rotatable bonds is 6. The van der Waals surface area contributed by atoms with Gasteiger partial charge in [0.1, 0.15) is 0 Å². The van der Waals surface area contributed by atoms with Crippen LogP contribution in [0.25, 0.3) is 44.5 Å². The fraction of sp³-hybridized carbons (Fsp3) is 0.0769. The average molecular weight is 663 g/mol. The maximum absolute atomic E-state index is 2.83. The van der Waals surface area contributed by atoms with Crippen LogP contribution in [-0.2, 0) is 12.3 Å². The first-order valence-corrected chi connectivity index (χ1v) is 18.0. The van der Waals surface area contributed by atoms with Crippen molar-refractivity contribution in [2.45, 2.75) is 19.2 Å². The van der Waals surface area contributed by atoms with Gasteiger partial charge in [0.15, 0.2) is 0 Å². The lowest BCUT2D eigenvalue weighted by Gasteiger charge is -2.09. The molecule has 44 heavy (non-hydrogen) atoms. The Bertz CT molecular complexity index is 1690. The van der Waals surface area contributed by atoms with Gasteiger partial charge in [-0.2, -0.15) is 0 Å². The first kappa shape index (κ1) is 32.9.